The van der Waals surface area contributed by atoms with Crippen LogP contribution in [0.5, 0.6) is 0 Å². The van der Waals surface area contributed by atoms with Crippen LogP contribution in [0.2, 0.25) is 0 Å². The molecule has 0 aliphatic carbocycles. The summed E-state index contributed by atoms with van der Waals surface area (Å²) in [6.07, 6.45) is 1.07. The van der Waals surface area contributed by atoms with Crippen LogP contribution in [0.4, 0.5) is 10.1 Å². The van der Waals surface area contributed by atoms with E-state index in [0.717, 1.165) is 12.2 Å². The number of benzene rings is 1. The Morgan fingerprint density at radius 2 is 2.08 bits per heavy atom. The van der Waals surface area contributed by atoms with Gasteiger partial charge in [0.15, 0.2) is 5.16 Å². The average molecular weight is 381 g/mol. The second-order valence-corrected chi connectivity index (χ2v) is 7.79. The van der Waals surface area contributed by atoms with E-state index in [2.05, 4.69) is 22.2 Å². The molecule has 2 N–H and O–H groups in total. The molecule has 5 nitrogen and oxygen atoms in total. The first kappa shape index (κ1) is 19.5. The summed E-state index contributed by atoms with van der Waals surface area (Å²) in [5, 5.41) is 2.66. The van der Waals surface area contributed by atoms with Crippen LogP contribution in [0.3, 0.4) is 0 Å². The minimum atomic E-state index is -0.466. The van der Waals surface area contributed by atoms with E-state index in [9.17, 15) is 14.0 Å². The van der Waals surface area contributed by atoms with Crippen LogP contribution in [0.1, 0.15) is 26.0 Å². The van der Waals surface area contributed by atoms with Gasteiger partial charge in [0.05, 0.1) is 10.9 Å². The van der Waals surface area contributed by atoms with E-state index in [1.807, 2.05) is 0 Å². The number of aromatic amines is 1. The molecule has 1 amide bonds. The van der Waals surface area contributed by atoms with Gasteiger partial charge in [-0.15, -0.1) is 0 Å². The van der Waals surface area contributed by atoms with Gasteiger partial charge in [-0.25, -0.2) is 9.37 Å². The van der Waals surface area contributed by atoms with Crippen molar-refractivity contribution in [3.63, 3.8) is 0 Å². The van der Waals surface area contributed by atoms with E-state index >= 15 is 0 Å². The van der Waals surface area contributed by atoms with E-state index in [4.69, 9.17) is 0 Å². The van der Waals surface area contributed by atoms with Crippen molar-refractivity contribution in [3.05, 3.63) is 52.2 Å². The number of anilines is 1. The van der Waals surface area contributed by atoms with Gasteiger partial charge in [0.1, 0.15) is 5.82 Å². The number of aromatic nitrogens is 2. The molecule has 0 saturated carbocycles. The zero-order valence-electron chi connectivity index (χ0n) is 14.0. The Morgan fingerprint density at radius 1 is 1.36 bits per heavy atom. The molecule has 1 heterocycles. The Kier molecular flexibility index (Phi) is 7.52. The average Bonchev–Trinajstić information content (AvgIpc) is 2.56. The number of halogens is 1. The quantitative estimate of drug-likeness (QED) is 0.415. The lowest BCUT2D eigenvalue weighted by Crippen LogP contribution is -2.23. The number of carbonyl (C=O) groups is 1. The van der Waals surface area contributed by atoms with Gasteiger partial charge in [-0.3, -0.25) is 9.59 Å². The molecule has 0 aliphatic rings. The summed E-state index contributed by atoms with van der Waals surface area (Å²) in [7, 11) is 0. The van der Waals surface area contributed by atoms with Crippen molar-refractivity contribution in [2.45, 2.75) is 36.4 Å². The van der Waals surface area contributed by atoms with Gasteiger partial charge in [0.2, 0.25) is 5.91 Å². The third kappa shape index (κ3) is 6.55. The summed E-state index contributed by atoms with van der Waals surface area (Å²) in [4.78, 5) is 31.1. The van der Waals surface area contributed by atoms with Crippen molar-refractivity contribution >= 4 is 35.1 Å². The van der Waals surface area contributed by atoms with E-state index in [1.54, 1.807) is 18.7 Å². The summed E-state index contributed by atoms with van der Waals surface area (Å²) in [5.41, 5.74) is 0.997. The first-order chi connectivity index (χ1) is 12.0. The Hall–Kier alpha value is -1.80. The van der Waals surface area contributed by atoms with Crippen LogP contribution in [-0.2, 0) is 10.5 Å². The number of rotatable bonds is 8. The van der Waals surface area contributed by atoms with Crippen molar-refractivity contribution in [1.29, 1.82) is 0 Å². The minimum absolute atomic E-state index is 0.226. The highest BCUT2D eigenvalue weighted by molar-refractivity contribution is 8.00. The fourth-order valence-electron chi connectivity index (χ4n) is 1.93. The molecule has 0 spiro atoms. The Morgan fingerprint density at radius 3 is 2.76 bits per heavy atom. The smallest absolute Gasteiger partial charge is 0.251 e. The number of nitrogens with one attached hydrogen (secondary N) is 2. The Bertz CT molecular complexity index is 765. The van der Waals surface area contributed by atoms with Gasteiger partial charge >= 0.3 is 0 Å². The number of nitrogens with zero attached hydrogens (tertiary/aromatic N) is 1. The molecule has 2 rings (SSSR count). The molecule has 2 aromatic rings. The molecule has 1 unspecified atom stereocenters. The number of hydrogen-bond acceptors (Lipinski definition) is 5. The lowest BCUT2D eigenvalue weighted by Gasteiger charge is -2.12. The van der Waals surface area contributed by atoms with Crippen LogP contribution >= 0.6 is 23.5 Å². The topological polar surface area (TPSA) is 74.8 Å². The van der Waals surface area contributed by atoms with Gasteiger partial charge in [-0.1, -0.05) is 18.7 Å². The second kappa shape index (κ2) is 9.62. The molecule has 1 atom stereocenters. The van der Waals surface area contributed by atoms with Gasteiger partial charge in [-0.2, -0.15) is 11.8 Å². The van der Waals surface area contributed by atoms with Crippen LogP contribution in [0.15, 0.2) is 40.3 Å². The summed E-state index contributed by atoms with van der Waals surface area (Å²) in [6, 6.07) is 7.04. The normalized spacial score (nSPS) is 12.0. The fraction of sp³-hybridized carbons (Fsp3) is 0.353. The number of hydrogen-bond donors (Lipinski definition) is 2. The molecule has 1 aromatic heterocycles. The molecule has 0 fully saturated rings. The largest absolute Gasteiger partial charge is 0.325 e. The zero-order valence-corrected chi connectivity index (χ0v) is 15.7. The van der Waals surface area contributed by atoms with Crippen LogP contribution < -0.4 is 10.9 Å². The van der Waals surface area contributed by atoms with Crippen molar-refractivity contribution in [3.8, 4) is 0 Å². The second-order valence-electron chi connectivity index (χ2n) is 5.35. The highest BCUT2D eigenvalue weighted by atomic mass is 32.2. The fourth-order valence-corrected chi connectivity index (χ4v) is 3.55. The van der Waals surface area contributed by atoms with Gasteiger partial charge in [0, 0.05) is 17.5 Å². The minimum Gasteiger partial charge on any atom is -0.325 e. The lowest BCUT2D eigenvalue weighted by molar-refractivity contribution is -0.115. The Labute approximate surface area is 154 Å². The maximum Gasteiger partial charge on any atom is 0.251 e. The number of H-pyrrole nitrogens is 1. The molecule has 25 heavy (non-hydrogen) atoms. The predicted octanol–water partition coefficient (Wildman–Crippen LogP) is 3.67. The van der Waals surface area contributed by atoms with E-state index in [0.29, 0.717) is 22.3 Å². The molecule has 0 saturated heterocycles. The van der Waals surface area contributed by atoms with Crippen molar-refractivity contribution in [1.82, 2.24) is 9.97 Å². The molecule has 134 valence electrons. The van der Waals surface area contributed by atoms with Gasteiger partial charge in [0.25, 0.3) is 5.56 Å². The number of amides is 1. The first-order valence-corrected chi connectivity index (χ1v) is 9.92. The Balaban J connectivity index is 1.98. The lowest BCUT2D eigenvalue weighted by atomic mass is 10.3. The highest BCUT2D eigenvalue weighted by Gasteiger charge is 2.16. The van der Waals surface area contributed by atoms with Crippen molar-refractivity contribution < 1.29 is 9.18 Å². The molecule has 8 heteroatoms. The van der Waals surface area contributed by atoms with Gasteiger partial charge in [-0.05, 0) is 43.4 Å². The third-order valence-corrected chi connectivity index (χ3v) is 5.32. The SMILES string of the molecule is CCCSCc1cc(=O)[nH]c(SC(C)C(=O)Nc2ccc(F)cc2)n1. The molecular weight excluding hydrogens is 361 g/mol. The van der Waals surface area contributed by atoms with Crippen LogP contribution in [0, 0.1) is 5.82 Å². The van der Waals surface area contributed by atoms with E-state index < -0.39 is 5.25 Å². The summed E-state index contributed by atoms with van der Waals surface area (Å²) in [5.74, 6) is 1.07. The monoisotopic (exact) mass is 381 g/mol. The van der Waals surface area contributed by atoms with Crippen LogP contribution in [-0.4, -0.2) is 26.9 Å². The number of thioether (sulfide) groups is 2. The zero-order chi connectivity index (χ0) is 18.2. The molecule has 0 aliphatic heterocycles. The van der Waals surface area contributed by atoms with Crippen molar-refractivity contribution in [2.24, 2.45) is 0 Å². The molecule has 1 aromatic carbocycles. The predicted molar refractivity (Wildman–Crippen MR) is 102 cm³/mol. The number of carbonyl (C=O) groups excluding carboxylic acids is 1. The standard InChI is InChI=1S/C17H20FN3O2S2/c1-3-8-24-10-14-9-15(22)21-17(20-14)25-11(2)16(23)19-13-6-4-12(18)5-7-13/h4-7,9,11H,3,8,10H2,1-2H3,(H,19,23)(H,20,21,22). The third-order valence-electron chi connectivity index (χ3n) is 3.14. The first-order valence-electron chi connectivity index (χ1n) is 7.89. The molecule has 0 bridgehead atoms. The summed E-state index contributed by atoms with van der Waals surface area (Å²) in [6.45, 7) is 3.82. The van der Waals surface area contributed by atoms with Crippen LogP contribution in [0.25, 0.3) is 0 Å². The van der Waals surface area contributed by atoms with E-state index in [1.165, 1.54) is 42.1 Å². The van der Waals surface area contributed by atoms with E-state index in [-0.39, 0.29) is 17.3 Å². The molecular formula is C17H20FN3O2S2. The van der Waals surface area contributed by atoms with Crippen molar-refractivity contribution in [2.75, 3.05) is 11.1 Å². The maximum atomic E-state index is 12.9. The highest BCUT2D eigenvalue weighted by Crippen LogP contribution is 2.21. The van der Waals surface area contributed by atoms with Gasteiger partial charge < -0.3 is 10.3 Å². The summed E-state index contributed by atoms with van der Waals surface area (Å²) < 4.78 is 12.9. The maximum absolute atomic E-state index is 12.9. The molecule has 0 radical (unpaired) electrons. The summed E-state index contributed by atoms with van der Waals surface area (Å²) >= 11 is 2.90.